The molecule has 20 heavy (non-hydrogen) atoms. The molecule has 2 nitrogen and oxygen atoms in total. The summed E-state index contributed by atoms with van der Waals surface area (Å²) in [7, 11) is 0. The Kier molecular flexibility index (Phi) is 4.47. The van der Waals surface area contributed by atoms with Gasteiger partial charge in [0.05, 0.1) is 0 Å². The average molecular weight is 282 g/mol. The Hall–Kier alpha value is -1.78. The van der Waals surface area contributed by atoms with Crippen LogP contribution in [0.2, 0.25) is 0 Å². The maximum absolute atomic E-state index is 13.8. The number of aryl methyl sites for hydroxylation is 1. The van der Waals surface area contributed by atoms with Crippen molar-refractivity contribution in [2.75, 3.05) is 11.9 Å². The lowest BCUT2D eigenvalue weighted by molar-refractivity contribution is 0.505. The van der Waals surface area contributed by atoms with Crippen molar-refractivity contribution >= 4 is 16.7 Å². The number of aromatic nitrogens is 1. The fraction of sp³-hybridized carbons (Fsp3) is 0.400. The highest BCUT2D eigenvalue weighted by molar-refractivity contribution is 5.83. The zero-order valence-electron chi connectivity index (χ0n) is 11.6. The van der Waals surface area contributed by atoms with Crippen LogP contribution in [0.25, 0.3) is 10.9 Å². The topological polar surface area (TPSA) is 24.9 Å². The molecule has 0 saturated heterocycles. The van der Waals surface area contributed by atoms with Crippen LogP contribution in [0.5, 0.6) is 0 Å². The number of benzene rings is 1. The van der Waals surface area contributed by atoms with Crippen LogP contribution < -0.4 is 5.32 Å². The van der Waals surface area contributed by atoms with Crippen molar-refractivity contribution in [3.8, 4) is 0 Å². The monoisotopic (exact) mass is 282 g/mol. The van der Waals surface area contributed by atoms with Crippen LogP contribution in [-0.2, 0) is 6.42 Å². The van der Waals surface area contributed by atoms with Crippen molar-refractivity contribution < 1.29 is 13.2 Å². The van der Waals surface area contributed by atoms with Gasteiger partial charge in [-0.2, -0.15) is 0 Å². The third-order valence-corrected chi connectivity index (χ3v) is 3.09. The molecule has 0 bridgehead atoms. The SMILES string of the molecule is CCCNc1nc2c(F)cc(F)c(F)c2cc1CCC. The van der Waals surface area contributed by atoms with Gasteiger partial charge in [-0.25, -0.2) is 18.2 Å². The third-order valence-electron chi connectivity index (χ3n) is 3.09. The first-order valence-corrected chi connectivity index (χ1v) is 6.79. The van der Waals surface area contributed by atoms with E-state index in [1.165, 1.54) is 6.07 Å². The van der Waals surface area contributed by atoms with E-state index in [2.05, 4.69) is 10.3 Å². The Bertz CT molecular complexity index is 626. The highest BCUT2D eigenvalue weighted by Gasteiger charge is 2.16. The first kappa shape index (κ1) is 14.6. The van der Waals surface area contributed by atoms with E-state index >= 15 is 0 Å². The molecule has 0 aliphatic heterocycles. The number of hydrogen-bond donors (Lipinski definition) is 1. The van der Waals surface area contributed by atoms with Gasteiger partial charge in [-0.3, -0.25) is 0 Å². The molecule has 0 spiro atoms. The van der Waals surface area contributed by atoms with Gasteiger partial charge in [0.25, 0.3) is 0 Å². The van der Waals surface area contributed by atoms with Gasteiger partial charge in [-0.15, -0.1) is 0 Å². The molecule has 1 heterocycles. The average Bonchev–Trinajstić information content (AvgIpc) is 2.43. The number of nitrogens with zero attached hydrogens (tertiary/aromatic N) is 1. The molecule has 0 aliphatic rings. The molecule has 0 radical (unpaired) electrons. The van der Waals surface area contributed by atoms with E-state index in [1.54, 1.807) is 0 Å². The van der Waals surface area contributed by atoms with E-state index in [9.17, 15) is 13.2 Å². The van der Waals surface area contributed by atoms with Crippen LogP contribution in [0.4, 0.5) is 19.0 Å². The molecule has 0 amide bonds. The first-order valence-electron chi connectivity index (χ1n) is 6.79. The molecule has 1 N–H and O–H groups in total. The summed E-state index contributed by atoms with van der Waals surface area (Å²) in [5.74, 6) is -2.53. The standard InChI is InChI=1S/C15H17F3N2/c1-3-5-9-7-10-13(18)11(16)8-12(17)14(10)20-15(9)19-6-4-2/h7-8H,3-6H2,1-2H3,(H,19,20). The summed E-state index contributed by atoms with van der Waals surface area (Å²) in [5, 5.41) is 3.00. The van der Waals surface area contributed by atoms with Crippen molar-refractivity contribution in [1.82, 2.24) is 4.98 Å². The molecule has 0 saturated carbocycles. The zero-order valence-corrected chi connectivity index (χ0v) is 11.6. The fourth-order valence-corrected chi connectivity index (χ4v) is 2.13. The van der Waals surface area contributed by atoms with Gasteiger partial charge in [-0.1, -0.05) is 20.3 Å². The number of rotatable bonds is 5. The molecule has 5 heteroatoms. The Morgan fingerprint density at radius 1 is 1.05 bits per heavy atom. The molecule has 2 rings (SSSR count). The lowest BCUT2D eigenvalue weighted by Crippen LogP contribution is -2.07. The second-order valence-corrected chi connectivity index (χ2v) is 4.72. The maximum Gasteiger partial charge on any atom is 0.168 e. The van der Waals surface area contributed by atoms with Crippen molar-refractivity contribution in [2.45, 2.75) is 33.1 Å². The highest BCUT2D eigenvalue weighted by atomic mass is 19.2. The van der Waals surface area contributed by atoms with E-state index in [0.717, 1.165) is 18.4 Å². The molecule has 0 unspecified atom stereocenters. The van der Waals surface area contributed by atoms with Gasteiger partial charge in [-0.05, 0) is 24.5 Å². The summed E-state index contributed by atoms with van der Waals surface area (Å²) in [6.45, 7) is 4.68. The van der Waals surface area contributed by atoms with E-state index in [0.29, 0.717) is 24.8 Å². The minimum absolute atomic E-state index is 0.104. The normalized spacial score (nSPS) is 11.1. The number of anilines is 1. The van der Waals surface area contributed by atoms with Crippen LogP contribution in [0.1, 0.15) is 32.3 Å². The number of pyridine rings is 1. The van der Waals surface area contributed by atoms with Gasteiger partial charge < -0.3 is 5.32 Å². The first-order chi connectivity index (χ1) is 9.58. The van der Waals surface area contributed by atoms with Crippen LogP contribution in [0.3, 0.4) is 0 Å². The second kappa shape index (κ2) is 6.11. The molecule has 1 aromatic carbocycles. The van der Waals surface area contributed by atoms with Gasteiger partial charge in [0.2, 0.25) is 0 Å². The quantitative estimate of drug-likeness (QED) is 0.821. The van der Waals surface area contributed by atoms with Crippen LogP contribution in [-0.4, -0.2) is 11.5 Å². The summed E-state index contributed by atoms with van der Waals surface area (Å²) in [6, 6.07) is 2.03. The van der Waals surface area contributed by atoms with Crippen LogP contribution in [0, 0.1) is 17.5 Å². The van der Waals surface area contributed by atoms with E-state index in [4.69, 9.17) is 0 Å². The molecule has 0 fully saturated rings. The Balaban J connectivity index is 2.64. The molecule has 0 aliphatic carbocycles. The minimum Gasteiger partial charge on any atom is -0.370 e. The lowest BCUT2D eigenvalue weighted by atomic mass is 10.1. The maximum atomic E-state index is 13.8. The van der Waals surface area contributed by atoms with Gasteiger partial charge in [0.1, 0.15) is 11.3 Å². The largest absolute Gasteiger partial charge is 0.370 e. The summed E-state index contributed by atoms with van der Waals surface area (Å²) in [4.78, 5) is 4.14. The Morgan fingerprint density at radius 2 is 1.80 bits per heavy atom. The molecular weight excluding hydrogens is 265 g/mol. The minimum atomic E-state index is -1.19. The van der Waals surface area contributed by atoms with Gasteiger partial charge >= 0.3 is 0 Å². The summed E-state index contributed by atoms with van der Waals surface area (Å²) in [6.07, 6.45) is 2.41. The van der Waals surface area contributed by atoms with Gasteiger partial charge in [0.15, 0.2) is 17.5 Å². The second-order valence-electron chi connectivity index (χ2n) is 4.72. The molecule has 2 aromatic rings. The molecule has 108 valence electrons. The predicted octanol–water partition coefficient (Wildman–Crippen LogP) is 4.43. The number of halogens is 3. The highest BCUT2D eigenvalue weighted by Crippen LogP contribution is 2.27. The Morgan fingerprint density at radius 3 is 2.45 bits per heavy atom. The van der Waals surface area contributed by atoms with Crippen LogP contribution >= 0.6 is 0 Å². The van der Waals surface area contributed by atoms with Crippen molar-refractivity contribution in [3.05, 3.63) is 35.1 Å². The predicted molar refractivity (Wildman–Crippen MR) is 74.4 cm³/mol. The summed E-state index contributed by atoms with van der Waals surface area (Å²) in [5.41, 5.74) is 0.639. The van der Waals surface area contributed by atoms with Crippen molar-refractivity contribution in [1.29, 1.82) is 0 Å². The van der Waals surface area contributed by atoms with Crippen molar-refractivity contribution in [3.63, 3.8) is 0 Å². The zero-order chi connectivity index (χ0) is 14.7. The van der Waals surface area contributed by atoms with Crippen molar-refractivity contribution in [2.24, 2.45) is 0 Å². The van der Waals surface area contributed by atoms with Gasteiger partial charge in [0, 0.05) is 18.0 Å². The molecule has 1 aromatic heterocycles. The van der Waals surface area contributed by atoms with Crippen LogP contribution in [0.15, 0.2) is 12.1 Å². The smallest absolute Gasteiger partial charge is 0.168 e. The fourth-order valence-electron chi connectivity index (χ4n) is 2.13. The number of fused-ring (bicyclic) bond motifs is 1. The van der Waals surface area contributed by atoms with E-state index in [-0.39, 0.29) is 10.9 Å². The van der Waals surface area contributed by atoms with E-state index < -0.39 is 17.5 Å². The summed E-state index contributed by atoms with van der Waals surface area (Å²) < 4.78 is 40.8. The third kappa shape index (κ3) is 2.71. The molecular formula is C15H17F3N2. The molecule has 0 atom stereocenters. The lowest BCUT2D eigenvalue weighted by Gasteiger charge is -2.12. The summed E-state index contributed by atoms with van der Waals surface area (Å²) >= 11 is 0. The van der Waals surface area contributed by atoms with E-state index in [1.807, 2.05) is 13.8 Å². The Labute approximate surface area is 116 Å². The number of nitrogens with one attached hydrogen (secondary N) is 1. The number of hydrogen-bond acceptors (Lipinski definition) is 2.